The summed E-state index contributed by atoms with van der Waals surface area (Å²) in [4.78, 5) is 20.3. The van der Waals surface area contributed by atoms with E-state index >= 15 is 0 Å². The van der Waals surface area contributed by atoms with Crippen molar-refractivity contribution in [2.75, 3.05) is 17.2 Å². The Balaban J connectivity index is 2.05. The number of hydrogen-bond donors (Lipinski definition) is 2. The van der Waals surface area contributed by atoms with Gasteiger partial charge in [0.25, 0.3) is 5.56 Å². The van der Waals surface area contributed by atoms with E-state index in [4.69, 9.17) is 10.5 Å². The van der Waals surface area contributed by atoms with Gasteiger partial charge in [-0.05, 0) is 19.9 Å². The van der Waals surface area contributed by atoms with E-state index in [0.717, 1.165) is 11.3 Å². The summed E-state index contributed by atoms with van der Waals surface area (Å²) in [6, 6.07) is 9.35. The molecule has 0 spiro atoms. The van der Waals surface area contributed by atoms with Gasteiger partial charge in [0.2, 0.25) is 5.95 Å². The Labute approximate surface area is 122 Å². The summed E-state index contributed by atoms with van der Waals surface area (Å²) in [6.45, 7) is 5.25. The molecule has 3 N–H and O–H groups in total. The van der Waals surface area contributed by atoms with Crippen molar-refractivity contribution >= 4 is 11.8 Å². The molecule has 110 valence electrons. The number of fused-ring (bicyclic) bond motifs is 1. The molecule has 6 heteroatoms. The van der Waals surface area contributed by atoms with Gasteiger partial charge in [-0.2, -0.15) is 4.98 Å². The zero-order valence-electron chi connectivity index (χ0n) is 12.1. The van der Waals surface area contributed by atoms with E-state index in [1.165, 1.54) is 6.07 Å². The van der Waals surface area contributed by atoms with Crippen LogP contribution in [0.25, 0.3) is 0 Å². The molecule has 0 aliphatic carbocycles. The van der Waals surface area contributed by atoms with E-state index in [1.54, 1.807) is 0 Å². The van der Waals surface area contributed by atoms with Gasteiger partial charge in [0, 0.05) is 18.2 Å². The Morgan fingerprint density at radius 3 is 2.90 bits per heavy atom. The summed E-state index contributed by atoms with van der Waals surface area (Å²) in [6.07, 6.45) is 0. The van der Waals surface area contributed by atoms with Gasteiger partial charge >= 0.3 is 0 Å². The molecule has 1 aromatic carbocycles. The van der Waals surface area contributed by atoms with Crippen molar-refractivity contribution in [1.29, 1.82) is 0 Å². The second-order valence-corrected chi connectivity index (χ2v) is 5.81. The zero-order valence-corrected chi connectivity index (χ0v) is 12.1. The molecule has 0 unspecified atom stereocenters. The molecule has 2 aromatic rings. The van der Waals surface area contributed by atoms with Gasteiger partial charge in [-0.1, -0.05) is 18.2 Å². The van der Waals surface area contributed by atoms with Gasteiger partial charge in [0.05, 0.1) is 6.54 Å². The molecule has 0 saturated heterocycles. The van der Waals surface area contributed by atoms with Gasteiger partial charge in [-0.25, -0.2) is 0 Å². The second kappa shape index (κ2) is 4.80. The van der Waals surface area contributed by atoms with Crippen molar-refractivity contribution in [3.8, 4) is 5.75 Å². The van der Waals surface area contributed by atoms with E-state index in [0.29, 0.717) is 18.9 Å². The topological polar surface area (TPSA) is 84.2 Å². The molecule has 1 aliphatic heterocycles. The molecule has 21 heavy (non-hydrogen) atoms. The molecule has 0 amide bonds. The summed E-state index contributed by atoms with van der Waals surface area (Å²) in [5.41, 5.74) is 6.05. The van der Waals surface area contributed by atoms with Crippen LogP contribution >= 0.6 is 0 Å². The Morgan fingerprint density at radius 2 is 2.14 bits per heavy atom. The smallest absolute Gasteiger partial charge is 0.254 e. The summed E-state index contributed by atoms with van der Waals surface area (Å²) in [7, 11) is 0. The average molecular weight is 286 g/mol. The quantitative estimate of drug-likeness (QED) is 0.830. The van der Waals surface area contributed by atoms with Crippen LogP contribution in [0.15, 0.2) is 35.1 Å². The molecule has 0 atom stereocenters. The van der Waals surface area contributed by atoms with Gasteiger partial charge in [0.15, 0.2) is 0 Å². The molecule has 3 rings (SSSR count). The number of hydrogen-bond acceptors (Lipinski definition) is 5. The van der Waals surface area contributed by atoms with Crippen molar-refractivity contribution in [1.82, 2.24) is 9.97 Å². The van der Waals surface area contributed by atoms with E-state index in [9.17, 15) is 4.79 Å². The summed E-state index contributed by atoms with van der Waals surface area (Å²) in [5, 5.41) is 0. The first-order chi connectivity index (χ1) is 9.93. The lowest BCUT2D eigenvalue weighted by Gasteiger charge is -2.30. The van der Waals surface area contributed by atoms with Crippen LogP contribution < -0.4 is 20.9 Å². The monoisotopic (exact) mass is 286 g/mol. The number of para-hydroxylation sites is 1. The van der Waals surface area contributed by atoms with Crippen molar-refractivity contribution in [3.63, 3.8) is 0 Å². The first-order valence-corrected chi connectivity index (χ1v) is 6.82. The lowest BCUT2D eigenvalue weighted by molar-refractivity contribution is 0.121. The highest BCUT2D eigenvalue weighted by Crippen LogP contribution is 2.30. The number of H-pyrrole nitrogens is 1. The molecule has 0 saturated carbocycles. The van der Waals surface area contributed by atoms with E-state index < -0.39 is 5.60 Å². The van der Waals surface area contributed by atoms with Crippen LogP contribution in [0.3, 0.4) is 0 Å². The van der Waals surface area contributed by atoms with E-state index in [1.807, 2.05) is 43.0 Å². The number of aromatic amines is 1. The Kier molecular flexibility index (Phi) is 3.08. The third kappa shape index (κ3) is 2.84. The highest BCUT2D eigenvalue weighted by molar-refractivity contribution is 5.46. The number of nitrogen functional groups attached to an aromatic ring is 1. The van der Waals surface area contributed by atoms with E-state index in [2.05, 4.69) is 9.97 Å². The average Bonchev–Trinajstić information content (AvgIpc) is 2.51. The lowest BCUT2D eigenvalue weighted by atomic mass is 10.1. The predicted octanol–water partition coefficient (Wildman–Crippen LogP) is 1.53. The minimum absolute atomic E-state index is 0.119. The Bertz CT molecular complexity index is 724. The fraction of sp³-hybridized carbons (Fsp3) is 0.333. The fourth-order valence-electron chi connectivity index (χ4n) is 2.57. The summed E-state index contributed by atoms with van der Waals surface area (Å²) < 4.78 is 6.07. The van der Waals surface area contributed by atoms with Crippen molar-refractivity contribution in [2.24, 2.45) is 0 Å². The van der Waals surface area contributed by atoms with Gasteiger partial charge in [-0.3, -0.25) is 9.78 Å². The molecule has 0 radical (unpaired) electrons. The highest BCUT2D eigenvalue weighted by Gasteiger charge is 2.29. The van der Waals surface area contributed by atoms with Crippen molar-refractivity contribution in [3.05, 3.63) is 46.2 Å². The number of nitrogens with one attached hydrogen (secondary N) is 1. The molecule has 2 heterocycles. The number of ether oxygens (including phenoxy) is 1. The first kappa shape index (κ1) is 13.5. The maximum atomic E-state index is 11.6. The van der Waals surface area contributed by atoms with Gasteiger partial charge in [-0.15, -0.1) is 0 Å². The van der Waals surface area contributed by atoms with Crippen LogP contribution in [-0.2, 0) is 6.54 Å². The third-order valence-electron chi connectivity index (χ3n) is 3.36. The van der Waals surface area contributed by atoms with Gasteiger partial charge < -0.3 is 15.4 Å². The number of benzene rings is 1. The molecule has 0 fully saturated rings. The molecule has 1 aromatic heterocycles. The highest BCUT2D eigenvalue weighted by atomic mass is 16.5. The fourth-order valence-corrected chi connectivity index (χ4v) is 2.57. The first-order valence-electron chi connectivity index (χ1n) is 6.82. The lowest BCUT2D eigenvalue weighted by Crippen LogP contribution is -2.41. The zero-order chi connectivity index (χ0) is 15.0. The van der Waals surface area contributed by atoms with Crippen LogP contribution in [0.5, 0.6) is 5.75 Å². The summed E-state index contributed by atoms with van der Waals surface area (Å²) >= 11 is 0. The number of rotatable bonds is 1. The SMILES string of the molecule is CC1(C)CN(c2cc(=O)[nH]c(N)n2)Cc2ccccc2O1. The predicted molar refractivity (Wildman–Crippen MR) is 81.5 cm³/mol. The number of nitrogens with two attached hydrogens (primary N) is 1. The number of nitrogens with zero attached hydrogens (tertiary/aromatic N) is 2. The van der Waals surface area contributed by atoms with Crippen LogP contribution in [0, 0.1) is 0 Å². The maximum absolute atomic E-state index is 11.6. The molecular weight excluding hydrogens is 268 g/mol. The van der Waals surface area contributed by atoms with Gasteiger partial charge in [0.1, 0.15) is 17.2 Å². The van der Waals surface area contributed by atoms with Crippen LogP contribution in [0.4, 0.5) is 11.8 Å². The second-order valence-electron chi connectivity index (χ2n) is 5.81. The molecule has 6 nitrogen and oxygen atoms in total. The number of aromatic nitrogens is 2. The minimum Gasteiger partial charge on any atom is -0.486 e. The minimum atomic E-state index is -0.397. The number of anilines is 2. The molecule has 0 bridgehead atoms. The normalized spacial score (nSPS) is 16.8. The third-order valence-corrected chi connectivity index (χ3v) is 3.36. The van der Waals surface area contributed by atoms with E-state index in [-0.39, 0.29) is 11.5 Å². The van der Waals surface area contributed by atoms with Crippen molar-refractivity contribution < 1.29 is 4.74 Å². The molecule has 1 aliphatic rings. The maximum Gasteiger partial charge on any atom is 0.254 e. The van der Waals surface area contributed by atoms with Crippen LogP contribution in [-0.4, -0.2) is 22.1 Å². The summed E-state index contributed by atoms with van der Waals surface area (Å²) in [5.74, 6) is 1.54. The van der Waals surface area contributed by atoms with Crippen LogP contribution in [0.2, 0.25) is 0 Å². The van der Waals surface area contributed by atoms with Crippen molar-refractivity contribution in [2.45, 2.75) is 26.0 Å². The molecular formula is C15H18N4O2. The standard InChI is InChI=1S/C15H18N4O2/c1-15(2)9-19(12-7-13(20)18-14(16)17-12)8-10-5-3-4-6-11(10)21-15/h3-7H,8-9H2,1-2H3,(H3,16,17,18,20). The largest absolute Gasteiger partial charge is 0.486 e. The Morgan fingerprint density at radius 1 is 1.38 bits per heavy atom. The Hall–Kier alpha value is -2.50. The van der Waals surface area contributed by atoms with Crippen LogP contribution in [0.1, 0.15) is 19.4 Å².